The second-order valence-electron chi connectivity index (χ2n) is 17.0. The molecule has 0 unspecified atom stereocenters. The van der Waals surface area contributed by atoms with Gasteiger partial charge in [0.05, 0.1) is 5.41 Å². The van der Waals surface area contributed by atoms with Crippen LogP contribution in [0.5, 0.6) is 0 Å². The van der Waals surface area contributed by atoms with E-state index in [0.29, 0.717) is 0 Å². The Labute approximate surface area is 390 Å². The summed E-state index contributed by atoms with van der Waals surface area (Å²) in [5.41, 5.74) is 15.8. The standard InChI is InChI=1S/C63H44N2S/c1-3-19-44-34-36-50(38-43(44)2)64(48-22-6-4-7-23-48)52-40-47(41-53(42-52)65(49-24-8-5-9-25-49)51-37-35-45-20-10-11-21-46(45)39-51)54-27-18-28-56-55-26-12-13-29-57(55)63(62(54)56)58-30-14-16-32-60(58)66-61-33-17-15-31-59(61)63/h3-42H,1-2H2/b44-19-. The lowest BCUT2D eigenvalue weighted by molar-refractivity contribution is 0.724. The summed E-state index contributed by atoms with van der Waals surface area (Å²) in [6, 6.07) is 84.7. The van der Waals surface area contributed by atoms with Crippen molar-refractivity contribution in [1.29, 1.82) is 0 Å². The van der Waals surface area contributed by atoms with Gasteiger partial charge in [-0.05, 0) is 145 Å². The van der Waals surface area contributed by atoms with Gasteiger partial charge in [0.2, 0.25) is 0 Å². The monoisotopic (exact) mass is 860 g/mol. The first-order valence-electron chi connectivity index (χ1n) is 22.5. The molecule has 0 N–H and O–H groups in total. The number of rotatable bonds is 8. The van der Waals surface area contributed by atoms with E-state index in [9.17, 15) is 0 Å². The van der Waals surface area contributed by atoms with Crippen molar-refractivity contribution >= 4 is 69.3 Å². The number of hydrogen-bond acceptors (Lipinski definition) is 3. The summed E-state index contributed by atoms with van der Waals surface area (Å²) in [6.07, 6.45) is 3.84. The van der Waals surface area contributed by atoms with Crippen molar-refractivity contribution in [1.82, 2.24) is 0 Å². The third-order valence-electron chi connectivity index (χ3n) is 13.3. The van der Waals surface area contributed by atoms with Crippen molar-refractivity contribution in [2.24, 2.45) is 0 Å². The highest BCUT2D eigenvalue weighted by Crippen LogP contribution is 2.64. The van der Waals surface area contributed by atoms with Gasteiger partial charge in [0.15, 0.2) is 0 Å². The van der Waals surface area contributed by atoms with Crippen LogP contribution in [0.15, 0.2) is 253 Å². The SMILES string of the molecule is C=C/C=c1/ccc(N(c2ccccc2)c2cc(-c3cccc4c3C3(c5ccccc5Sc5ccccc53)c3ccccc3-4)cc(N(c3ccccc3)c3ccc4ccccc4c3)c2)cc1=C. The summed E-state index contributed by atoms with van der Waals surface area (Å²) in [5, 5.41) is 4.36. The number of nitrogens with zero attached hydrogens (tertiary/aromatic N) is 2. The predicted molar refractivity (Wildman–Crippen MR) is 280 cm³/mol. The summed E-state index contributed by atoms with van der Waals surface area (Å²) in [5.74, 6) is 0. The van der Waals surface area contributed by atoms with Crippen LogP contribution in [0.25, 0.3) is 45.7 Å². The first kappa shape index (κ1) is 39.5. The van der Waals surface area contributed by atoms with Gasteiger partial charge in [-0.3, -0.25) is 0 Å². The van der Waals surface area contributed by atoms with E-state index in [-0.39, 0.29) is 0 Å². The molecule has 0 bridgehead atoms. The van der Waals surface area contributed by atoms with Gasteiger partial charge in [-0.1, -0.05) is 189 Å². The number of fused-ring (bicyclic) bond motifs is 10. The Kier molecular flexibility index (Phi) is 9.66. The van der Waals surface area contributed by atoms with Crippen molar-refractivity contribution in [3.8, 4) is 22.3 Å². The molecule has 66 heavy (non-hydrogen) atoms. The van der Waals surface area contributed by atoms with Crippen molar-refractivity contribution in [2.45, 2.75) is 15.2 Å². The zero-order chi connectivity index (χ0) is 44.2. The van der Waals surface area contributed by atoms with E-state index < -0.39 is 5.41 Å². The molecular weight excluding hydrogens is 817 g/mol. The van der Waals surface area contributed by atoms with Crippen LogP contribution in [0, 0.1) is 0 Å². The lowest BCUT2D eigenvalue weighted by Crippen LogP contribution is -2.32. The smallest absolute Gasteiger partial charge is 0.0741 e. The summed E-state index contributed by atoms with van der Waals surface area (Å²) >= 11 is 1.88. The Morgan fingerprint density at radius 2 is 0.924 bits per heavy atom. The second-order valence-corrected chi connectivity index (χ2v) is 18.1. The Balaban J connectivity index is 1.19. The van der Waals surface area contributed by atoms with Gasteiger partial charge in [0, 0.05) is 43.9 Å². The predicted octanol–water partition coefficient (Wildman–Crippen LogP) is 15.7. The molecule has 12 rings (SSSR count). The summed E-state index contributed by atoms with van der Waals surface area (Å²) in [7, 11) is 0. The van der Waals surface area contributed by atoms with Crippen LogP contribution in [0.2, 0.25) is 0 Å². The fourth-order valence-corrected chi connectivity index (χ4v) is 11.7. The molecule has 0 fully saturated rings. The largest absolute Gasteiger partial charge is 0.310 e. The van der Waals surface area contributed by atoms with Gasteiger partial charge in [-0.15, -0.1) is 0 Å². The Hall–Kier alpha value is -8.11. The van der Waals surface area contributed by atoms with Gasteiger partial charge < -0.3 is 9.80 Å². The molecule has 0 atom stereocenters. The fourth-order valence-electron chi connectivity index (χ4n) is 10.5. The quantitative estimate of drug-likeness (QED) is 0.150. The van der Waals surface area contributed by atoms with Gasteiger partial charge in [0.25, 0.3) is 0 Å². The molecule has 10 aromatic rings. The lowest BCUT2D eigenvalue weighted by atomic mass is 9.65. The van der Waals surface area contributed by atoms with Crippen molar-refractivity contribution in [2.75, 3.05) is 9.80 Å². The normalized spacial score (nSPS) is 13.1. The molecule has 2 aliphatic rings. The summed E-state index contributed by atoms with van der Waals surface area (Å²) in [6.45, 7) is 8.49. The van der Waals surface area contributed by atoms with E-state index in [0.717, 1.165) is 50.1 Å². The molecule has 10 aromatic carbocycles. The van der Waals surface area contributed by atoms with Gasteiger partial charge in [-0.2, -0.15) is 0 Å². The molecule has 0 aromatic heterocycles. The molecule has 0 saturated heterocycles. The maximum Gasteiger partial charge on any atom is 0.0741 e. The van der Waals surface area contributed by atoms with E-state index in [2.05, 4.69) is 253 Å². The Morgan fingerprint density at radius 1 is 0.394 bits per heavy atom. The molecule has 0 radical (unpaired) electrons. The van der Waals surface area contributed by atoms with Crippen molar-refractivity contribution in [3.05, 3.63) is 276 Å². The van der Waals surface area contributed by atoms with E-state index in [4.69, 9.17) is 0 Å². The molecule has 1 aliphatic carbocycles. The van der Waals surface area contributed by atoms with Crippen LogP contribution in [0.3, 0.4) is 0 Å². The van der Waals surface area contributed by atoms with Gasteiger partial charge in [-0.25, -0.2) is 0 Å². The maximum atomic E-state index is 4.51. The van der Waals surface area contributed by atoms with Crippen LogP contribution in [0.1, 0.15) is 22.3 Å². The molecule has 312 valence electrons. The first-order chi connectivity index (χ1) is 32.6. The number of anilines is 6. The molecule has 1 spiro atoms. The Morgan fingerprint density at radius 3 is 1.58 bits per heavy atom. The van der Waals surface area contributed by atoms with E-state index >= 15 is 0 Å². The van der Waals surface area contributed by atoms with Crippen LogP contribution in [-0.4, -0.2) is 0 Å². The highest BCUT2D eigenvalue weighted by atomic mass is 32.2. The van der Waals surface area contributed by atoms with Gasteiger partial charge in [0.1, 0.15) is 0 Å². The molecule has 1 aliphatic heterocycles. The number of hydrogen-bond donors (Lipinski definition) is 0. The zero-order valence-electron chi connectivity index (χ0n) is 36.3. The van der Waals surface area contributed by atoms with E-state index in [1.807, 2.05) is 23.9 Å². The molecule has 3 heteroatoms. The van der Waals surface area contributed by atoms with Gasteiger partial charge >= 0.3 is 0 Å². The Bertz CT molecular complexity index is 3590. The van der Waals surface area contributed by atoms with Crippen LogP contribution >= 0.6 is 11.8 Å². The molecular formula is C63H44N2S. The lowest BCUT2D eigenvalue weighted by Gasteiger charge is -2.40. The first-order valence-corrected chi connectivity index (χ1v) is 23.3. The number of benzene rings is 10. The minimum atomic E-state index is -0.562. The average Bonchev–Trinajstić information content (AvgIpc) is 3.66. The zero-order valence-corrected chi connectivity index (χ0v) is 37.1. The van der Waals surface area contributed by atoms with E-state index in [1.165, 1.54) is 59.5 Å². The highest BCUT2D eigenvalue weighted by molar-refractivity contribution is 7.99. The van der Waals surface area contributed by atoms with Crippen LogP contribution in [-0.2, 0) is 5.41 Å². The summed E-state index contributed by atoms with van der Waals surface area (Å²) < 4.78 is 0. The fraction of sp³-hybridized carbons (Fsp3) is 0.0159. The highest BCUT2D eigenvalue weighted by Gasteiger charge is 2.51. The summed E-state index contributed by atoms with van der Waals surface area (Å²) in [4.78, 5) is 7.35. The second kappa shape index (κ2) is 16.2. The molecule has 2 nitrogen and oxygen atoms in total. The van der Waals surface area contributed by atoms with Crippen LogP contribution < -0.4 is 20.2 Å². The minimum Gasteiger partial charge on any atom is -0.310 e. The molecule has 0 saturated carbocycles. The third-order valence-corrected chi connectivity index (χ3v) is 14.4. The van der Waals surface area contributed by atoms with Crippen molar-refractivity contribution < 1.29 is 0 Å². The number of para-hydroxylation sites is 2. The number of allylic oxidation sites excluding steroid dienone is 1. The maximum absolute atomic E-state index is 4.51. The van der Waals surface area contributed by atoms with Crippen LogP contribution in [0.4, 0.5) is 34.1 Å². The van der Waals surface area contributed by atoms with E-state index in [1.54, 1.807) is 0 Å². The van der Waals surface area contributed by atoms with Crippen molar-refractivity contribution in [3.63, 3.8) is 0 Å². The topological polar surface area (TPSA) is 6.48 Å². The molecule has 1 heterocycles. The molecule has 0 amide bonds. The average molecular weight is 861 g/mol. The third kappa shape index (κ3) is 6.35. The minimum absolute atomic E-state index is 0.562.